The van der Waals surface area contributed by atoms with Crippen molar-refractivity contribution in [2.45, 2.75) is 34.6 Å². The molecule has 0 bridgehead atoms. The smallest absolute Gasteiger partial charge is 0.271 e. The first-order chi connectivity index (χ1) is 12.8. The number of H-pyrrole nitrogens is 1. The molecular formula is C22H27N3O2. The van der Waals surface area contributed by atoms with Crippen LogP contribution in [0.2, 0.25) is 0 Å². The maximum atomic E-state index is 12.2. The summed E-state index contributed by atoms with van der Waals surface area (Å²) in [4.78, 5) is 15.0. The molecule has 2 aromatic rings. The third kappa shape index (κ3) is 4.30. The Balaban J connectivity index is 1.77. The zero-order valence-electron chi connectivity index (χ0n) is 16.6. The van der Waals surface area contributed by atoms with Gasteiger partial charge in [-0.1, -0.05) is 56.3 Å². The molecule has 0 spiro atoms. The van der Waals surface area contributed by atoms with Crippen molar-refractivity contribution in [3.8, 4) is 11.1 Å². The summed E-state index contributed by atoms with van der Waals surface area (Å²) in [6, 6.07) is 1.85. The highest BCUT2D eigenvalue weighted by molar-refractivity contribution is 5.70. The molecule has 1 aliphatic rings. The van der Waals surface area contributed by atoms with Gasteiger partial charge in [-0.05, 0) is 30.9 Å². The van der Waals surface area contributed by atoms with Gasteiger partial charge in [0.05, 0.1) is 5.69 Å². The standard InChI is InChI=1S/C22H27N3O2/c1-14-20(15(2)27-25-14)17-11-19(21(26)24-13-17)23-12-16-7-6-8-18(10-9-16)22(3,4)5/h6-11,13,18,23H,12H2,1-5H3,(H,24,26). The van der Waals surface area contributed by atoms with Gasteiger partial charge in [0.15, 0.2) is 0 Å². The summed E-state index contributed by atoms with van der Waals surface area (Å²) < 4.78 is 5.24. The third-order valence-electron chi connectivity index (χ3n) is 4.85. The molecule has 2 heterocycles. The van der Waals surface area contributed by atoms with E-state index in [-0.39, 0.29) is 11.0 Å². The maximum Gasteiger partial charge on any atom is 0.271 e. The number of allylic oxidation sites excluding steroid dienone is 4. The van der Waals surface area contributed by atoms with Gasteiger partial charge in [0, 0.05) is 29.8 Å². The Hall–Kier alpha value is -2.82. The summed E-state index contributed by atoms with van der Waals surface area (Å²) in [5, 5.41) is 7.25. The quantitative estimate of drug-likeness (QED) is 0.818. The SMILES string of the molecule is Cc1noc(C)c1-c1c[nH]c(=O)c(NCC2=CC=CC(C(C)(C)C)C=C2)c1. The van der Waals surface area contributed by atoms with Crippen molar-refractivity contribution in [3.63, 3.8) is 0 Å². The molecule has 1 aliphatic carbocycles. The van der Waals surface area contributed by atoms with Crippen LogP contribution in [-0.4, -0.2) is 16.7 Å². The second-order valence-corrected chi connectivity index (χ2v) is 8.06. The summed E-state index contributed by atoms with van der Waals surface area (Å²) in [7, 11) is 0. The molecule has 27 heavy (non-hydrogen) atoms. The first-order valence-corrected chi connectivity index (χ1v) is 9.21. The Labute approximate surface area is 159 Å². The van der Waals surface area contributed by atoms with Crippen LogP contribution in [0.25, 0.3) is 11.1 Å². The average Bonchev–Trinajstić information content (AvgIpc) is 2.81. The summed E-state index contributed by atoms with van der Waals surface area (Å²) in [6.07, 6.45) is 12.5. The predicted molar refractivity (Wildman–Crippen MR) is 110 cm³/mol. The number of aryl methyl sites for hydroxylation is 2. The first kappa shape index (κ1) is 19.0. The highest BCUT2D eigenvalue weighted by Gasteiger charge is 2.20. The monoisotopic (exact) mass is 365 g/mol. The maximum absolute atomic E-state index is 12.2. The van der Waals surface area contributed by atoms with E-state index in [1.165, 1.54) is 0 Å². The first-order valence-electron chi connectivity index (χ1n) is 9.21. The molecule has 2 aromatic heterocycles. The number of aromatic amines is 1. The Morgan fingerprint density at radius 1 is 1.26 bits per heavy atom. The van der Waals surface area contributed by atoms with Crippen LogP contribution in [0.15, 0.2) is 57.5 Å². The minimum Gasteiger partial charge on any atom is -0.376 e. The van der Waals surface area contributed by atoms with Crippen molar-refractivity contribution in [1.82, 2.24) is 10.1 Å². The van der Waals surface area contributed by atoms with Gasteiger partial charge in [-0.3, -0.25) is 4.79 Å². The van der Waals surface area contributed by atoms with Gasteiger partial charge < -0.3 is 14.8 Å². The summed E-state index contributed by atoms with van der Waals surface area (Å²) in [6.45, 7) is 11.0. The number of hydrogen-bond donors (Lipinski definition) is 2. The predicted octanol–water partition coefficient (Wildman–Crippen LogP) is 4.77. The van der Waals surface area contributed by atoms with E-state index in [0.29, 0.717) is 18.2 Å². The van der Waals surface area contributed by atoms with Crippen molar-refractivity contribution in [1.29, 1.82) is 0 Å². The molecule has 3 rings (SSSR count). The van der Waals surface area contributed by atoms with Crippen molar-refractivity contribution >= 4 is 5.69 Å². The lowest BCUT2D eigenvalue weighted by Gasteiger charge is -2.24. The molecule has 0 saturated heterocycles. The van der Waals surface area contributed by atoms with Gasteiger partial charge in [-0.2, -0.15) is 0 Å². The lowest BCUT2D eigenvalue weighted by molar-refractivity contribution is 0.344. The van der Waals surface area contributed by atoms with E-state index in [9.17, 15) is 4.79 Å². The summed E-state index contributed by atoms with van der Waals surface area (Å²) in [5.41, 5.74) is 4.29. The molecular weight excluding hydrogens is 338 g/mol. The van der Waals surface area contributed by atoms with Crippen molar-refractivity contribution in [2.75, 3.05) is 11.9 Å². The van der Waals surface area contributed by atoms with Crippen LogP contribution < -0.4 is 10.9 Å². The number of hydrogen-bond acceptors (Lipinski definition) is 4. The van der Waals surface area contributed by atoms with Gasteiger partial charge in [0.2, 0.25) is 0 Å². The Bertz CT molecular complexity index is 949. The molecule has 0 saturated carbocycles. The van der Waals surface area contributed by atoms with Crippen LogP contribution in [0, 0.1) is 25.2 Å². The van der Waals surface area contributed by atoms with E-state index >= 15 is 0 Å². The number of nitrogens with one attached hydrogen (secondary N) is 2. The largest absolute Gasteiger partial charge is 0.376 e. The molecule has 0 radical (unpaired) electrons. The molecule has 0 aliphatic heterocycles. The summed E-state index contributed by atoms with van der Waals surface area (Å²) in [5.74, 6) is 1.12. The fourth-order valence-electron chi connectivity index (χ4n) is 3.19. The van der Waals surface area contributed by atoms with Crippen LogP contribution in [-0.2, 0) is 0 Å². The fraction of sp³-hybridized carbons (Fsp3) is 0.364. The van der Waals surface area contributed by atoms with Crippen molar-refractivity contribution in [3.05, 3.63) is 70.0 Å². The van der Waals surface area contributed by atoms with Gasteiger partial charge in [-0.25, -0.2) is 0 Å². The van der Waals surface area contributed by atoms with E-state index in [4.69, 9.17) is 4.52 Å². The minimum atomic E-state index is -0.146. The van der Waals surface area contributed by atoms with Crippen LogP contribution in [0.4, 0.5) is 5.69 Å². The van der Waals surface area contributed by atoms with Gasteiger partial charge in [0.1, 0.15) is 11.4 Å². The number of nitrogens with zero attached hydrogens (tertiary/aromatic N) is 1. The molecule has 0 aromatic carbocycles. The molecule has 5 heteroatoms. The normalized spacial score (nSPS) is 16.9. The highest BCUT2D eigenvalue weighted by Crippen LogP contribution is 2.30. The number of aromatic nitrogens is 2. The molecule has 2 N–H and O–H groups in total. The minimum absolute atomic E-state index is 0.146. The number of anilines is 1. The van der Waals surface area contributed by atoms with Crippen LogP contribution >= 0.6 is 0 Å². The van der Waals surface area contributed by atoms with Crippen molar-refractivity contribution < 1.29 is 4.52 Å². The third-order valence-corrected chi connectivity index (χ3v) is 4.85. The second kappa shape index (κ2) is 7.43. The zero-order valence-corrected chi connectivity index (χ0v) is 16.6. The molecule has 142 valence electrons. The topological polar surface area (TPSA) is 70.9 Å². The number of pyridine rings is 1. The Morgan fingerprint density at radius 3 is 2.70 bits per heavy atom. The summed E-state index contributed by atoms with van der Waals surface area (Å²) >= 11 is 0. The number of rotatable bonds is 4. The van der Waals surface area contributed by atoms with E-state index in [1.807, 2.05) is 19.9 Å². The van der Waals surface area contributed by atoms with Crippen LogP contribution in [0.5, 0.6) is 0 Å². The van der Waals surface area contributed by atoms with Gasteiger partial charge in [-0.15, -0.1) is 0 Å². The van der Waals surface area contributed by atoms with E-state index in [2.05, 4.69) is 66.6 Å². The second-order valence-electron chi connectivity index (χ2n) is 8.06. The Kier molecular flexibility index (Phi) is 5.22. The lowest BCUT2D eigenvalue weighted by Crippen LogP contribution is -2.16. The molecule has 0 amide bonds. The van der Waals surface area contributed by atoms with Gasteiger partial charge >= 0.3 is 0 Å². The molecule has 0 fully saturated rings. The molecule has 1 atom stereocenters. The van der Waals surface area contributed by atoms with Crippen LogP contribution in [0.1, 0.15) is 32.2 Å². The molecule has 1 unspecified atom stereocenters. The lowest BCUT2D eigenvalue weighted by atomic mass is 9.80. The average molecular weight is 365 g/mol. The van der Waals surface area contributed by atoms with Crippen molar-refractivity contribution in [2.24, 2.45) is 11.3 Å². The fourth-order valence-corrected chi connectivity index (χ4v) is 3.19. The van der Waals surface area contributed by atoms with Crippen LogP contribution in [0.3, 0.4) is 0 Å². The van der Waals surface area contributed by atoms with E-state index in [0.717, 1.165) is 28.2 Å². The zero-order chi connectivity index (χ0) is 19.6. The highest BCUT2D eigenvalue weighted by atomic mass is 16.5. The Morgan fingerprint density at radius 2 is 2.04 bits per heavy atom. The van der Waals surface area contributed by atoms with E-state index in [1.54, 1.807) is 6.20 Å². The van der Waals surface area contributed by atoms with Gasteiger partial charge in [0.25, 0.3) is 5.56 Å². The molecule has 5 nitrogen and oxygen atoms in total. The van der Waals surface area contributed by atoms with E-state index < -0.39 is 0 Å².